The van der Waals surface area contributed by atoms with Crippen LogP contribution in [-0.2, 0) is 4.79 Å². The van der Waals surface area contributed by atoms with Crippen molar-refractivity contribution < 1.29 is 4.79 Å². The van der Waals surface area contributed by atoms with E-state index in [0.717, 1.165) is 56.7 Å². The minimum absolute atomic E-state index is 0.186. The summed E-state index contributed by atoms with van der Waals surface area (Å²) in [5, 5.41) is 8.71. The fourth-order valence-electron chi connectivity index (χ4n) is 4.41. The molecule has 0 spiro atoms. The third kappa shape index (κ3) is 3.15. The van der Waals surface area contributed by atoms with Gasteiger partial charge in [-0.15, -0.1) is 10.2 Å². The second-order valence-corrected chi connectivity index (χ2v) is 7.26. The second kappa shape index (κ2) is 7.12. The van der Waals surface area contributed by atoms with E-state index in [1.54, 1.807) is 0 Å². The zero-order valence-electron chi connectivity index (χ0n) is 15.0. The Morgan fingerprint density at radius 1 is 1.16 bits per heavy atom. The highest BCUT2D eigenvalue weighted by Crippen LogP contribution is 2.31. The zero-order chi connectivity index (χ0) is 17.2. The van der Waals surface area contributed by atoms with E-state index in [0.29, 0.717) is 12.6 Å². The van der Waals surface area contributed by atoms with Crippen molar-refractivity contribution in [2.75, 3.05) is 19.6 Å². The van der Waals surface area contributed by atoms with Gasteiger partial charge < -0.3 is 4.90 Å². The monoisotopic (exact) mass is 341 g/mol. The van der Waals surface area contributed by atoms with Crippen LogP contribution in [0.1, 0.15) is 57.3 Å². The lowest BCUT2D eigenvalue weighted by Crippen LogP contribution is -2.47. The maximum absolute atomic E-state index is 12.9. The van der Waals surface area contributed by atoms with E-state index in [9.17, 15) is 4.79 Å². The molecule has 6 nitrogen and oxygen atoms in total. The molecule has 2 aromatic rings. The number of pyridine rings is 1. The highest BCUT2D eigenvalue weighted by molar-refractivity contribution is 5.78. The van der Waals surface area contributed by atoms with Crippen molar-refractivity contribution in [3.05, 3.63) is 30.2 Å². The molecule has 4 rings (SSSR count). The quantitative estimate of drug-likeness (QED) is 0.858. The van der Waals surface area contributed by atoms with Gasteiger partial charge in [-0.2, -0.15) is 0 Å². The number of carbonyl (C=O) groups excluding carboxylic acids is 1. The van der Waals surface area contributed by atoms with E-state index in [-0.39, 0.29) is 11.9 Å². The Bertz CT molecular complexity index is 742. The molecule has 2 aliphatic rings. The van der Waals surface area contributed by atoms with Crippen LogP contribution < -0.4 is 0 Å². The summed E-state index contributed by atoms with van der Waals surface area (Å²) in [6, 6.07) is 6.57. The number of fused-ring (bicyclic) bond motifs is 1. The molecular formula is C19H27N5O. The molecule has 2 saturated heterocycles. The van der Waals surface area contributed by atoms with Crippen LogP contribution in [0.25, 0.3) is 5.65 Å². The van der Waals surface area contributed by atoms with Gasteiger partial charge >= 0.3 is 0 Å². The molecule has 25 heavy (non-hydrogen) atoms. The Hall–Kier alpha value is -1.95. The van der Waals surface area contributed by atoms with Gasteiger partial charge in [0.15, 0.2) is 11.5 Å². The minimum atomic E-state index is 0.186. The van der Waals surface area contributed by atoms with E-state index in [1.807, 2.05) is 24.4 Å². The van der Waals surface area contributed by atoms with Gasteiger partial charge in [-0.3, -0.25) is 14.1 Å². The van der Waals surface area contributed by atoms with Crippen LogP contribution in [-0.4, -0.2) is 56.0 Å². The summed E-state index contributed by atoms with van der Waals surface area (Å²) in [4.78, 5) is 17.4. The van der Waals surface area contributed by atoms with Crippen LogP contribution in [0.5, 0.6) is 0 Å². The number of hydrogen-bond acceptors (Lipinski definition) is 4. The van der Waals surface area contributed by atoms with Gasteiger partial charge in [0.1, 0.15) is 0 Å². The molecule has 2 aromatic heterocycles. The van der Waals surface area contributed by atoms with Crippen LogP contribution in [0.2, 0.25) is 0 Å². The summed E-state index contributed by atoms with van der Waals surface area (Å²) in [5.41, 5.74) is 0.873. The normalized spacial score (nSPS) is 24.9. The predicted octanol–water partition coefficient (Wildman–Crippen LogP) is 2.66. The molecule has 4 heterocycles. The third-order valence-electron chi connectivity index (χ3n) is 5.76. The van der Waals surface area contributed by atoms with Gasteiger partial charge in [-0.25, -0.2) is 0 Å². The molecule has 2 unspecified atom stereocenters. The van der Waals surface area contributed by atoms with Gasteiger partial charge in [0.05, 0.1) is 12.6 Å². The number of hydrogen-bond donors (Lipinski definition) is 0. The Balaban J connectivity index is 1.51. The molecule has 0 aliphatic carbocycles. The predicted molar refractivity (Wildman–Crippen MR) is 96.2 cm³/mol. The molecular weight excluding hydrogens is 314 g/mol. The summed E-state index contributed by atoms with van der Waals surface area (Å²) in [7, 11) is 0. The summed E-state index contributed by atoms with van der Waals surface area (Å²) in [6.45, 7) is 4.58. The fourth-order valence-corrected chi connectivity index (χ4v) is 4.41. The number of carbonyl (C=O) groups is 1. The Morgan fingerprint density at radius 2 is 2.08 bits per heavy atom. The average Bonchev–Trinajstić information content (AvgIpc) is 3.28. The molecule has 0 saturated carbocycles. The van der Waals surface area contributed by atoms with E-state index >= 15 is 0 Å². The Labute approximate surface area is 148 Å². The summed E-state index contributed by atoms with van der Waals surface area (Å²) in [5.74, 6) is 1.25. The molecule has 6 heteroatoms. The van der Waals surface area contributed by atoms with Gasteiger partial charge in [0, 0.05) is 18.8 Å². The first kappa shape index (κ1) is 16.5. The van der Waals surface area contributed by atoms with Crippen LogP contribution in [0.15, 0.2) is 24.4 Å². The zero-order valence-corrected chi connectivity index (χ0v) is 15.0. The molecule has 2 atom stereocenters. The number of nitrogens with zero attached hydrogens (tertiary/aromatic N) is 5. The Morgan fingerprint density at radius 3 is 2.96 bits per heavy atom. The van der Waals surface area contributed by atoms with Crippen molar-refractivity contribution in [1.82, 2.24) is 24.4 Å². The summed E-state index contributed by atoms with van der Waals surface area (Å²) >= 11 is 0. The minimum Gasteiger partial charge on any atom is -0.339 e. The molecule has 0 radical (unpaired) electrons. The standard InChI is InChI=1S/C19H27N5O/c1-2-15-8-3-5-12-23(15)18(25)14-22-11-7-9-16(22)19-21-20-17-10-4-6-13-24(17)19/h4,6,10,13,15-16H,2-3,5,7-9,11-12,14H2,1H3. The first-order chi connectivity index (χ1) is 12.3. The molecule has 0 N–H and O–H groups in total. The Kier molecular flexibility index (Phi) is 4.70. The molecule has 0 bridgehead atoms. The maximum Gasteiger partial charge on any atom is 0.237 e. The number of aromatic nitrogens is 3. The molecule has 2 aliphatic heterocycles. The molecule has 2 fully saturated rings. The van der Waals surface area contributed by atoms with E-state index in [4.69, 9.17) is 0 Å². The third-order valence-corrected chi connectivity index (χ3v) is 5.76. The number of rotatable bonds is 4. The van der Waals surface area contributed by atoms with E-state index in [2.05, 4.69) is 31.3 Å². The topological polar surface area (TPSA) is 53.7 Å². The smallest absolute Gasteiger partial charge is 0.237 e. The van der Waals surface area contributed by atoms with Gasteiger partial charge in [-0.05, 0) is 57.2 Å². The highest BCUT2D eigenvalue weighted by atomic mass is 16.2. The van der Waals surface area contributed by atoms with Crippen molar-refractivity contribution in [3.8, 4) is 0 Å². The van der Waals surface area contributed by atoms with Crippen LogP contribution >= 0.6 is 0 Å². The number of likely N-dealkylation sites (tertiary alicyclic amines) is 2. The lowest BCUT2D eigenvalue weighted by molar-refractivity contribution is -0.136. The summed E-state index contributed by atoms with van der Waals surface area (Å²) < 4.78 is 2.06. The number of amides is 1. The fraction of sp³-hybridized carbons (Fsp3) is 0.632. The first-order valence-corrected chi connectivity index (χ1v) is 9.61. The van der Waals surface area contributed by atoms with Crippen LogP contribution in [0.4, 0.5) is 0 Å². The van der Waals surface area contributed by atoms with Gasteiger partial charge in [0.25, 0.3) is 0 Å². The molecule has 0 aromatic carbocycles. The van der Waals surface area contributed by atoms with Crippen LogP contribution in [0.3, 0.4) is 0 Å². The van der Waals surface area contributed by atoms with Crippen LogP contribution in [0, 0.1) is 0 Å². The maximum atomic E-state index is 12.9. The largest absolute Gasteiger partial charge is 0.339 e. The highest BCUT2D eigenvalue weighted by Gasteiger charge is 2.33. The average molecular weight is 341 g/mol. The van der Waals surface area contributed by atoms with Crippen molar-refractivity contribution in [2.45, 2.75) is 57.5 Å². The van der Waals surface area contributed by atoms with Crippen molar-refractivity contribution in [1.29, 1.82) is 0 Å². The summed E-state index contributed by atoms with van der Waals surface area (Å²) in [6.07, 6.45) is 8.77. The van der Waals surface area contributed by atoms with Gasteiger partial charge in [-0.1, -0.05) is 13.0 Å². The van der Waals surface area contributed by atoms with E-state index in [1.165, 1.54) is 6.42 Å². The van der Waals surface area contributed by atoms with Crippen molar-refractivity contribution in [2.24, 2.45) is 0 Å². The van der Waals surface area contributed by atoms with Crippen molar-refractivity contribution in [3.63, 3.8) is 0 Å². The van der Waals surface area contributed by atoms with Crippen molar-refractivity contribution >= 4 is 11.6 Å². The second-order valence-electron chi connectivity index (χ2n) is 7.26. The lowest BCUT2D eigenvalue weighted by atomic mass is 10.00. The van der Waals surface area contributed by atoms with E-state index < -0.39 is 0 Å². The number of piperidine rings is 1. The SMILES string of the molecule is CCC1CCCCN1C(=O)CN1CCCC1c1nnc2ccccn12. The van der Waals surface area contributed by atoms with Gasteiger partial charge in [0.2, 0.25) is 5.91 Å². The lowest BCUT2D eigenvalue weighted by Gasteiger charge is -2.36. The first-order valence-electron chi connectivity index (χ1n) is 9.61. The molecule has 1 amide bonds. The molecule has 134 valence electrons.